The zero-order chi connectivity index (χ0) is 9.42. The molecule has 1 amide bonds. The van der Waals surface area contributed by atoms with Crippen LogP contribution in [-0.4, -0.2) is 11.6 Å². The van der Waals surface area contributed by atoms with E-state index in [-0.39, 0.29) is 16.3 Å². The number of rotatable bonds is 0. The van der Waals surface area contributed by atoms with E-state index >= 15 is 0 Å². The lowest BCUT2D eigenvalue weighted by molar-refractivity contribution is -0.113. The van der Waals surface area contributed by atoms with Gasteiger partial charge in [0.15, 0.2) is 0 Å². The lowest BCUT2D eigenvalue weighted by Crippen LogP contribution is -2.19. The number of hydrogen-bond acceptors (Lipinski definition) is 1. The fourth-order valence-electron chi connectivity index (χ4n) is 1.24. The zero-order valence-corrected chi connectivity index (χ0v) is 8.08. The zero-order valence-electron chi connectivity index (χ0n) is 6.50. The van der Waals surface area contributed by atoms with Crippen LogP contribution < -0.4 is 0 Å². The molecule has 0 aromatic carbocycles. The topological polar surface area (TPSA) is 29.4 Å². The fourth-order valence-corrected chi connectivity index (χ4v) is 1.73. The van der Waals surface area contributed by atoms with Crippen molar-refractivity contribution in [2.24, 2.45) is 10.9 Å². The first-order valence-corrected chi connectivity index (χ1v) is 4.52. The molecule has 0 aromatic rings. The maximum Gasteiger partial charge on any atom is 0.269 e. The SMILES string of the molecule is O=C1C=CC2C=CC(F)=C(Br)C2=N1. The van der Waals surface area contributed by atoms with Crippen LogP contribution in [0.3, 0.4) is 0 Å². The van der Waals surface area contributed by atoms with Gasteiger partial charge in [0.05, 0.1) is 10.2 Å². The van der Waals surface area contributed by atoms with Crippen molar-refractivity contribution in [1.29, 1.82) is 0 Å². The van der Waals surface area contributed by atoms with Crippen LogP contribution in [0, 0.1) is 5.92 Å². The Kier molecular flexibility index (Phi) is 2.00. The van der Waals surface area contributed by atoms with E-state index in [0.717, 1.165) is 0 Å². The van der Waals surface area contributed by atoms with Crippen molar-refractivity contribution in [3.05, 3.63) is 34.6 Å². The van der Waals surface area contributed by atoms with Crippen LogP contribution in [-0.2, 0) is 4.79 Å². The van der Waals surface area contributed by atoms with E-state index in [1.807, 2.05) is 0 Å². The quantitative estimate of drug-likeness (QED) is 0.640. The lowest BCUT2D eigenvalue weighted by atomic mass is 9.95. The molecule has 1 aliphatic carbocycles. The smallest absolute Gasteiger partial charge is 0.267 e. The van der Waals surface area contributed by atoms with Crippen LogP contribution in [0.5, 0.6) is 0 Å². The van der Waals surface area contributed by atoms with Crippen LogP contribution in [0.2, 0.25) is 0 Å². The number of fused-ring (bicyclic) bond motifs is 1. The average Bonchev–Trinajstić information content (AvgIpc) is 2.12. The van der Waals surface area contributed by atoms with E-state index in [0.29, 0.717) is 5.71 Å². The maximum absolute atomic E-state index is 13.0. The van der Waals surface area contributed by atoms with E-state index in [1.165, 1.54) is 12.2 Å². The predicted molar refractivity (Wildman–Crippen MR) is 51.3 cm³/mol. The van der Waals surface area contributed by atoms with Gasteiger partial charge in [0, 0.05) is 12.0 Å². The summed E-state index contributed by atoms with van der Waals surface area (Å²) in [5.41, 5.74) is 0.451. The highest BCUT2D eigenvalue weighted by Crippen LogP contribution is 2.29. The summed E-state index contributed by atoms with van der Waals surface area (Å²) in [7, 11) is 0. The second kappa shape index (κ2) is 3.03. The second-order valence-corrected chi connectivity index (χ2v) is 3.53. The predicted octanol–water partition coefficient (Wildman–Crippen LogP) is 2.29. The Balaban J connectivity index is 2.48. The molecule has 1 unspecified atom stereocenters. The first-order valence-electron chi connectivity index (χ1n) is 3.73. The molecule has 2 nitrogen and oxygen atoms in total. The van der Waals surface area contributed by atoms with Gasteiger partial charge >= 0.3 is 0 Å². The van der Waals surface area contributed by atoms with Crippen molar-refractivity contribution in [3.8, 4) is 0 Å². The van der Waals surface area contributed by atoms with Gasteiger partial charge < -0.3 is 0 Å². The first-order chi connectivity index (χ1) is 6.18. The Labute approximate surface area is 82.7 Å². The molecular formula is C9H5BrFNO. The minimum Gasteiger partial charge on any atom is -0.267 e. The van der Waals surface area contributed by atoms with E-state index < -0.39 is 5.83 Å². The Hall–Kier alpha value is -1.03. The standard InChI is InChI=1S/C9H5BrFNO/c10-8-6(11)3-1-5-2-4-7(13)12-9(5)8/h1-5H. The molecule has 1 atom stereocenters. The molecule has 2 rings (SSSR count). The van der Waals surface area contributed by atoms with Gasteiger partial charge in [-0.3, -0.25) is 4.79 Å². The molecule has 0 saturated heterocycles. The van der Waals surface area contributed by atoms with Crippen molar-refractivity contribution >= 4 is 27.5 Å². The average molecular weight is 242 g/mol. The van der Waals surface area contributed by atoms with E-state index in [1.54, 1.807) is 12.2 Å². The van der Waals surface area contributed by atoms with Gasteiger partial charge in [0.1, 0.15) is 5.83 Å². The summed E-state index contributed by atoms with van der Waals surface area (Å²) in [6.07, 6.45) is 6.13. The number of halogens is 2. The monoisotopic (exact) mass is 241 g/mol. The molecule has 13 heavy (non-hydrogen) atoms. The van der Waals surface area contributed by atoms with Crippen LogP contribution in [0.25, 0.3) is 0 Å². The van der Waals surface area contributed by atoms with Crippen LogP contribution in [0.4, 0.5) is 4.39 Å². The van der Waals surface area contributed by atoms with Gasteiger partial charge in [0.2, 0.25) is 0 Å². The number of amides is 1. The maximum atomic E-state index is 13.0. The van der Waals surface area contributed by atoms with Crippen molar-refractivity contribution in [1.82, 2.24) is 0 Å². The van der Waals surface area contributed by atoms with E-state index in [9.17, 15) is 9.18 Å². The second-order valence-electron chi connectivity index (χ2n) is 2.74. The number of nitrogens with zero attached hydrogens (tertiary/aromatic N) is 1. The Bertz CT molecular complexity index is 392. The highest BCUT2D eigenvalue weighted by Gasteiger charge is 2.24. The number of allylic oxidation sites excluding steroid dienone is 5. The Morgan fingerprint density at radius 3 is 2.85 bits per heavy atom. The fraction of sp³-hybridized carbons (Fsp3) is 0.111. The lowest BCUT2D eigenvalue weighted by Gasteiger charge is -2.17. The minimum atomic E-state index is -0.391. The van der Waals surface area contributed by atoms with Gasteiger partial charge in [0.25, 0.3) is 5.91 Å². The summed E-state index contributed by atoms with van der Waals surface area (Å²) in [5, 5.41) is 0. The van der Waals surface area contributed by atoms with Crippen molar-refractivity contribution in [2.75, 3.05) is 0 Å². The molecule has 0 radical (unpaired) electrons. The van der Waals surface area contributed by atoms with Crippen LogP contribution in [0.15, 0.2) is 39.6 Å². The molecule has 4 heteroatoms. The van der Waals surface area contributed by atoms with Gasteiger partial charge in [-0.2, -0.15) is 0 Å². The number of dihydropyridines is 1. The van der Waals surface area contributed by atoms with Gasteiger partial charge in [-0.25, -0.2) is 9.38 Å². The third-order valence-electron chi connectivity index (χ3n) is 1.88. The molecule has 66 valence electrons. The Morgan fingerprint density at radius 1 is 1.38 bits per heavy atom. The molecule has 2 aliphatic rings. The van der Waals surface area contributed by atoms with Crippen molar-refractivity contribution < 1.29 is 9.18 Å². The van der Waals surface area contributed by atoms with Crippen molar-refractivity contribution in [2.45, 2.75) is 0 Å². The number of aliphatic imine (C=N–C) groups is 1. The van der Waals surface area contributed by atoms with Crippen molar-refractivity contribution in [3.63, 3.8) is 0 Å². The Morgan fingerprint density at radius 2 is 2.08 bits per heavy atom. The first kappa shape index (κ1) is 8.56. The molecule has 0 spiro atoms. The highest BCUT2D eigenvalue weighted by atomic mass is 79.9. The summed E-state index contributed by atoms with van der Waals surface area (Å²) in [6.45, 7) is 0. The van der Waals surface area contributed by atoms with Gasteiger partial charge in [-0.15, -0.1) is 0 Å². The molecule has 0 bridgehead atoms. The molecule has 1 heterocycles. The molecular weight excluding hydrogens is 237 g/mol. The third-order valence-corrected chi connectivity index (χ3v) is 2.66. The minimum absolute atomic E-state index is 0.0772. The number of carbonyl (C=O) groups excluding carboxylic acids is 1. The van der Waals surface area contributed by atoms with Gasteiger partial charge in [-0.1, -0.05) is 12.2 Å². The summed E-state index contributed by atoms with van der Waals surface area (Å²) in [5.74, 6) is -0.809. The normalized spacial score (nSPS) is 26.2. The van der Waals surface area contributed by atoms with E-state index in [4.69, 9.17) is 0 Å². The van der Waals surface area contributed by atoms with Crippen LogP contribution >= 0.6 is 15.9 Å². The number of carbonyl (C=O) groups is 1. The van der Waals surface area contributed by atoms with Gasteiger partial charge in [-0.05, 0) is 22.0 Å². The molecule has 1 aliphatic heterocycles. The summed E-state index contributed by atoms with van der Waals surface area (Å²) in [6, 6.07) is 0. The summed E-state index contributed by atoms with van der Waals surface area (Å²) in [4.78, 5) is 14.6. The number of hydrogen-bond donors (Lipinski definition) is 0. The molecule has 0 saturated carbocycles. The van der Waals surface area contributed by atoms with E-state index in [2.05, 4.69) is 20.9 Å². The van der Waals surface area contributed by atoms with Crippen LogP contribution in [0.1, 0.15) is 0 Å². The molecule has 0 N–H and O–H groups in total. The molecule has 0 fully saturated rings. The largest absolute Gasteiger partial charge is 0.269 e. The summed E-state index contributed by atoms with van der Waals surface area (Å²) >= 11 is 3.06. The summed E-state index contributed by atoms with van der Waals surface area (Å²) < 4.78 is 13.3. The highest BCUT2D eigenvalue weighted by molar-refractivity contribution is 9.12. The molecule has 0 aromatic heterocycles. The third kappa shape index (κ3) is 1.42.